The minimum absolute atomic E-state index is 0.00641. The van der Waals surface area contributed by atoms with Crippen LogP contribution >= 0.6 is 7.82 Å². The summed E-state index contributed by atoms with van der Waals surface area (Å²) in [6.45, 7) is 3.31. The summed E-state index contributed by atoms with van der Waals surface area (Å²) in [5, 5.41) is 20.0. The van der Waals surface area contributed by atoms with E-state index in [1.807, 2.05) is 6.08 Å². The van der Waals surface area contributed by atoms with Crippen molar-refractivity contribution in [1.29, 1.82) is 0 Å². The van der Waals surface area contributed by atoms with Gasteiger partial charge in [-0.05, 0) is 38.5 Å². The maximum atomic E-state index is 12.2. The molecule has 0 saturated carbocycles. The SMILES string of the molecule is CCCCC/C=C\C[C@@H](O)/C=C/C=C/C=C\[C@@H](O)CCCC(=O)OC[C@H](COP(=O)(O)O)OC(=O)CCCCCCCCC. The molecule has 4 N–H and O–H groups in total. The lowest BCUT2D eigenvalue weighted by molar-refractivity contribution is -0.161. The summed E-state index contributed by atoms with van der Waals surface area (Å²) >= 11 is 0. The van der Waals surface area contributed by atoms with Crippen molar-refractivity contribution in [3.63, 3.8) is 0 Å². The number of carbonyl (C=O) groups excluding carboxylic acids is 2. The van der Waals surface area contributed by atoms with Crippen LogP contribution < -0.4 is 0 Å². The van der Waals surface area contributed by atoms with Crippen LogP contribution in [0.25, 0.3) is 0 Å². The van der Waals surface area contributed by atoms with Crippen molar-refractivity contribution in [1.82, 2.24) is 0 Å². The second-order valence-corrected chi connectivity index (χ2v) is 12.1. The molecule has 0 aliphatic rings. The van der Waals surface area contributed by atoms with Crippen LogP contribution in [0, 0.1) is 0 Å². The highest BCUT2D eigenvalue weighted by Gasteiger charge is 2.23. The van der Waals surface area contributed by atoms with Gasteiger partial charge in [0.15, 0.2) is 6.10 Å². The standard InChI is InChI=1S/C33H57O10P/c1-3-5-7-9-11-13-19-25-33(37)43-31(28-42-44(38,39)40)27-41-32(36)26-20-24-30(35)23-18-15-14-17-22-29(34)21-16-12-10-8-6-4-2/h12,14-18,22-23,29-31,34-35H,3-11,13,19-21,24-28H2,1-2H3,(H2,38,39,40)/b15-14+,16-12-,22-17+,23-18-/t29-,30-,31-/m1/s1. The number of phosphoric ester groups is 1. The Morgan fingerprint density at radius 2 is 1.30 bits per heavy atom. The maximum Gasteiger partial charge on any atom is 0.469 e. The molecule has 254 valence electrons. The lowest BCUT2D eigenvalue weighted by Crippen LogP contribution is -2.29. The van der Waals surface area contributed by atoms with E-state index in [4.69, 9.17) is 19.3 Å². The first-order valence-electron chi connectivity index (χ1n) is 16.1. The second kappa shape index (κ2) is 28.4. The van der Waals surface area contributed by atoms with E-state index in [1.165, 1.54) is 32.1 Å². The molecule has 0 fully saturated rings. The van der Waals surface area contributed by atoms with Crippen LogP contribution in [-0.2, 0) is 28.2 Å². The van der Waals surface area contributed by atoms with Gasteiger partial charge in [-0.3, -0.25) is 14.1 Å². The number of unbranched alkanes of at least 4 members (excludes halogenated alkanes) is 9. The number of allylic oxidation sites excluding steroid dienone is 5. The smallest absolute Gasteiger partial charge is 0.462 e. The predicted octanol–water partition coefficient (Wildman–Crippen LogP) is 6.78. The van der Waals surface area contributed by atoms with E-state index in [9.17, 15) is 24.4 Å². The summed E-state index contributed by atoms with van der Waals surface area (Å²) in [5.41, 5.74) is 0. The molecule has 3 atom stereocenters. The average Bonchev–Trinajstić information content (AvgIpc) is 2.97. The second-order valence-electron chi connectivity index (χ2n) is 10.8. The number of aliphatic hydroxyl groups is 2. The van der Waals surface area contributed by atoms with Gasteiger partial charge in [-0.2, -0.15) is 0 Å². The molecule has 0 bridgehead atoms. The number of esters is 2. The molecule has 0 saturated heterocycles. The summed E-state index contributed by atoms with van der Waals surface area (Å²) in [4.78, 5) is 42.3. The number of rotatable bonds is 28. The first-order valence-corrected chi connectivity index (χ1v) is 17.7. The molecule has 0 radical (unpaired) electrons. The molecular formula is C33H57O10P. The van der Waals surface area contributed by atoms with Gasteiger partial charge >= 0.3 is 19.8 Å². The van der Waals surface area contributed by atoms with E-state index < -0.39 is 51.3 Å². The van der Waals surface area contributed by atoms with Gasteiger partial charge in [0.2, 0.25) is 0 Å². The third-order valence-corrected chi connectivity index (χ3v) is 7.03. The van der Waals surface area contributed by atoms with Crippen LogP contribution in [0.15, 0.2) is 48.6 Å². The van der Waals surface area contributed by atoms with Crippen molar-refractivity contribution >= 4 is 19.8 Å². The van der Waals surface area contributed by atoms with Gasteiger partial charge in [0, 0.05) is 12.8 Å². The predicted molar refractivity (Wildman–Crippen MR) is 173 cm³/mol. The van der Waals surface area contributed by atoms with Crippen LogP contribution in [0.5, 0.6) is 0 Å². The zero-order chi connectivity index (χ0) is 32.9. The quantitative estimate of drug-likeness (QED) is 0.0235. The van der Waals surface area contributed by atoms with Crippen LogP contribution in [0.4, 0.5) is 0 Å². The third-order valence-electron chi connectivity index (χ3n) is 6.54. The number of aliphatic hydroxyl groups excluding tert-OH is 2. The van der Waals surface area contributed by atoms with Gasteiger partial charge < -0.3 is 29.5 Å². The molecule has 11 heteroatoms. The van der Waals surface area contributed by atoms with Crippen molar-refractivity contribution in [2.24, 2.45) is 0 Å². The fourth-order valence-corrected chi connectivity index (χ4v) is 4.40. The minimum Gasteiger partial charge on any atom is -0.462 e. The molecule has 0 aromatic rings. The van der Waals surface area contributed by atoms with Crippen molar-refractivity contribution in [3.8, 4) is 0 Å². The number of hydrogen-bond donors (Lipinski definition) is 4. The Morgan fingerprint density at radius 3 is 1.95 bits per heavy atom. The first-order chi connectivity index (χ1) is 21.1. The largest absolute Gasteiger partial charge is 0.469 e. The summed E-state index contributed by atoms with van der Waals surface area (Å²) in [5.74, 6) is -1.14. The summed E-state index contributed by atoms with van der Waals surface area (Å²) in [6, 6.07) is 0. The Hall–Kier alpha value is -2.07. The molecule has 0 aromatic carbocycles. The number of carbonyl (C=O) groups is 2. The Labute approximate surface area is 264 Å². The monoisotopic (exact) mass is 644 g/mol. The molecule has 0 unspecified atom stereocenters. The molecular weight excluding hydrogens is 587 g/mol. The van der Waals surface area contributed by atoms with Gasteiger partial charge in [-0.1, -0.05) is 114 Å². The highest BCUT2D eigenvalue weighted by Crippen LogP contribution is 2.35. The van der Waals surface area contributed by atoms with E-state index in [2.05, 4.69) is 24.4 Å². The topological polar surface area (TPSA) is 160 Å². The molecule has 44 heavy (non-hydrogen) atoms. The highest BCUT2D eigenvalue weighted by molar-refractivity contribution is 7.46. The fraction of sp³-hybridized carbons (Fsp3) is 0.697. The van der Waals surface area contributed by atoms with Crippen LogP contribution in [0.1, 0.15) is 117 Å². The van der Waals surface area contributed by atoms with E-state index in [0.717, 1.165) is 32.1 Å². The maximum absolute atomic E-state index is 12.2. The number of ether oxygens (including phenoxy) is 2. The third kappa shape index (κ3) is 30.0. The zero-order valence-corrected chi connectivity index (χ0v) is 27.7. The Bertz CT molecular complexity index is 893. The lowest BCUT2D eigenvalue weighted by atomic mass is 10.1. The van der Waals surface area contributed by atoms with Crippen molar-refractivity contribution in [2.75, 3.05) is 13.2 Å². The molecule has 0 aliphatic heterocycles. The molecule has 10 nitrogen and oxygen atoms in total. The lowest BCUT2D eigenvalue weighted by Gasteiger charge is -2.18. The van der Waals surface area contributed by atoms with Gasteiger partial charge in [0.25, 0.3) is 0 Å². The Morgan fingerprint density at radius 1 is 0.705 bits per heavy atom. The zero-order valence-electron chi connectivity index (χ0n) is 26.8. The van der Waals surface area contributed by atoms with Gasteiger partial charge in [-0.25, -0.2) is 4.57 Å². The van der Waals surface area contributed by atoms with Crippen molar-refractivity contribution < 1.29 is 48.2 Å². The van der Waals surface area contributed by atoms with E-state index in [-0.39, 0.29) is 12.8 Å². The van der Waals surface area contributed by atoms with Gasteiger partial charge in [0.1, 0.15) is 6.61 Å². The van der Waals surface area contributed by atoms with Crippen LogP contribution in [-0.4, -0.2) is 63.5 Å². The fourth-order valence-electron chi connectivity index (χ4n) is 4.03. The molecule has 0 spiro atoms. The molecule has 0 amide bonds. The van der Waals surface area contributed by atoms with Gasteiger partial charge in [-0.15, -0.1) is 0 Å². The van der Waals surface area contributed by atoms with Crippen LogP contribution in [0.2, 0.25) is 0 Å². The Kier molecular flexibility index (Phi) is 27.1. The van der Waals surface area contributed by atoms with E-state index in [0.29, 0.717) is 25.7 Å². The molecule has 0 aromatic heterocycles. The summed E-state index contributed by atoms with van der Waals surface area (Å²) < 4.78 is 25.9. The highest BCUT2D eigenvalue weighted by atomic mass is 31.2. The first kappa shape index (κ1) is 41.9. The summed E-state index contributed by atoms with van der Waals surface area (Å²) in [7, 11) is -4.80. The van der Waals surface area contributed by atoms with Crippen LogP contribution in [0.3, 0.4) is 0 Å². The molecule has 0 aliphatic carbocycles. The number of phosphoric acid groups is 1. The van der Waals surface area contributed by atoms with Crippen molar-refractivity contribution in [2.45, 2.75) is 135 Å². The number of hydrogen-bond acceptors (Lipinski definition) is 8. The molecule has 0 rings (SSSR count). The van der Waals surface area contributed by atoms with Crippen molar-refractivity contribution in [3.05, 3.63) is 48.6 Å². The molecule has 0 heterocycles. The van der Waals surface area contributed by atoms with E-state index in [1.54, 1.807) is 36.5 Å². The average molecular weight is 645 g/mol. The van der Waals surface area contributed by atoms with Gasteiger partial charge in [0.05, 0.1) is 18.8 Å². The Balaban J connectivity index is 4.32. The summed E-state index contributed by atoms with van der Waals surface area (Å²) in [6.07, 6.45) is 25.0. The van der Waals surface area contributed by atoms with E-state index >= 15 is 0 Å². The minimum atomic E-state index is -4.80. The normalized spacial score (nSPS) is 14.6.